The molecule has 0 unspecified atom stereocenters. The lowest BCUT2D eigenvalue weighted by molar-refractivity contribution is 0.775. The van der Waals surface area contributed by atoms with Gasteiger partial charge in [-0.3, -0.25) is 0 Å². The molecule has 0 aromatic carbocycles. The van der Waals surface area contributed by atoms with Crippen LogP contribution < -0.4 is 5.73 Å². The number of aryl methyl sites for hydroxylation is 3. The molecular formula is C13H20N4. The van der Waals surface area contributed by atoms with Gasteiger partial charge in [0.05, 0.1) is 5.69 Å². The molecule has 0 fully saturated rings. The molecule has 0 aliphatic heterocycles. The maximum atomic E-state index is 5.66. The van der Waals surface area contributed by atoms with E-state index in [1.165, 1.54) is 10.9 Å². The van der Waals surface area contributed by atoms with Crippen LogP contribution in [0.25, 0.3) is 11.0 Å². The summed E-state index contributed by atoms with van der Waals surface area (Å²) >= 11 is 0. The largest absolute Gasteiger partial charge is 0.332 e. The Hall–Kier alpha value is -1.42. The SMILES string of the molecule is CCc1nc(C)c2c(CCN)cn(CC)c2n1. The summed E-state index contributed by atoms with van der Waals surface area (Å²) in [5.41, 5.74) is 9.05. The number of fused-ring (bicyclic) bond motifs is 1. The fourth-order valence-electron chi connectivity index (χ4n) is 2.26. The molecule has 0 radical (unpaired) electrons. The molecular weight excluding hydrogens is 212 g/mol. The van der Waals surface area contributed by atoms with Gasteiger partial charge in [0.15, 0.2) is 0 Å². The maximum absolute atomic E-state index is 5.66. The van der Waals surface area contributed by atoms with Crippen molar-refractivity contribution in [1.82, 2.24) is 14.5 Å². The highest BCUT2D eigenvalue weighted by atomic mass is 15.1. The van der Waals surface area contributed by atoms with Gasteiger partial charge < -0.3 is 10.3 Å². The molecule has 4 heteroatoms. The number of rotatable bonds is 4. The molecule has 2 heterocycles. The van der Waals surface area contributed by atoms with Crippen molar-refractivity contribution in [1.29, 1.82) is 0 Å². The van der Waals surface area contributed by atoms with E-state index in [4.69, 9.17) is 5.73 Å². The molecule has 0 atom stereocenters. The topological polar surface area (TPSA) is 56.7 Å². The van der Waals surface area contributed by atoms with Gasteiger partial charge in [0.25, 0.3) is 0 Å². The van der Waals surface area contributed by atoms with Gasteiger partial charge in [-0.05, 0) is 32.4 Å². The zero-order chi connectivity index (χ0) is 12.4. The van der Waals surface area contributed by atoms with Gasteiger partial charge in [-0.15, -0.1) is 0 Å². The van der Waals surface area contributed by atoms with Crippen molar-refractivity contribution < 1.29 is 0 Å². The highest BCUT2D eigenvalue weighted by molar-refractivity contribution is 5.83. The summed E-state index contributed by atoms with van der Waals surface area (Å²) in [6.45, 7) is 7.87. The summed E-state index contributed by atoms with van der Waals surface area (Å²) < 4.78 is 2.19. The van der Waals surface area contributed by atoms with E-state index >= 15 is 0 Å². The van der Waals surface area contributed by atoms with Gasteiger partial charge in [-0.2, -0.15) is 0 Å². The predicted octanol–water partition coefficient (Wildman–Crippen LogP) is 1.82. The molecule has 0 spiro atoms. The third-order valence-electron chi connectivity index (χ3n) is 3.09. The van der Waals surface area contributed by atoms with Gasteiger partial charge in [0.1, 0.15) is 11.5 Å². The highest BCUT2D eigenvalue weighted by Crippen LogP contribution is 2.23. The van der Waals surface area contributed by atoms with E-state index in [-0.39, 0.29) is 0 Å². The van der Waals surface area contributed by atoms with Crippen molar-refractivity contribution in [2.75, 3.05) is 6.54 Å². The first-order valence-corrected chi connectivity index (χ1v) is 6.26. The molecule has 0 bridgehead atoms. The van der Waals surface area contributed by atoms with Gasteiger partial charge >= 0.3 is 0 Å². The molecule has 0 saturated carbocycles. The smallest absolute Gasteiger partial charge is 0.144 e. The molecule has 2 N–H and O–H groups in total. The van der Waals surface area contributed by atoms with Crippen molar-refractivity contribution in [3.63, 3.8) is 0 Å². The number of hydrogen-bond acceptors (Lipinski definition) is 3. The fourth-order valence-corrected chi connectivity index (χ4v) is 2.26. The maximum Gasteiger partial charge on any atom is 0.144 e. The lowest BCUT2D eigenvalue weighted by Crippen LogP contribution is -2.03. The molecule has 2 aromatic heterocycles. The van der Waals surface area contributed by atoms with Crippen molar-refractivity contribution in [3.8, 4) is 0 Å². The summed E-state index contributed by atoms with van der Waals surface area (Å²) in [4.78, 5) is 9.18. The summed E-state index contributed by atoms with van der Waals surface area (Å²) in [7, 11) is 0. The lowest BCUT2D eigenvalue weighted by atomic mass is 10.1. The second-order valence-corrected chi connectivity index (χ2v) is 4.26. The number of aromatic nitrogens is 3. The zero-order valence-electron chi connectivity index (χ0n) is 10.8. The molecule has 17 heavy (non-hydrogen) atoms. The van der Waals surface area contributed by atoms with Crippen molar-refractivity contribution >= 4 is 11.0 Å². The van der Waals surface area contributed by atoms with E-state index in [9.17, 15) is 0 Å². The van der Waals surface area contributed by atoms with Crippen LogP contribution in [0.3, 0.4) is 0 Å². The highest BCUT2D eigenvalue weighted by Gasteiger charge is 2.13. The van der Waals surface area contributed by atoms with E-state index in [2.05, 4.69) is 41.5 Å². The second-order valence-electron chi connectivity index (χ2n) is 4.26. The third kappa shape index (κ3) is 2.05. The Balaban J connectivity index is 2.71. The van der Waals surface area contributed by atoms with Crippen LogP contribution in [0.15, 0.2) is 6.20 Å². The minimum absolute atomic E-state index is 0.664. The number of nitrogens with zero attached hydrogens (tertiary/aromatic N) is 3. The molecule has 0 saturated heterocycles. The van der Waals surface area contributed by atoms with Crippen LogP contribution in [-0.4, -0.2) is 21.1 Å². The molecule has 2 rings (SSSR count). The van der Waals surface area contributed by atoms with Crippen molar-refractivity contribution in [3.05, 3.63) is 23.3 Å². The third-order valence-corrected chi connectivity index (χ3v) is 3.09. The molecule has 92 valence electrons. The Kier molecular flexibility index (Phi) is 3.43. The molecule has 4 nitrogen and oxygen atoms in total. The first-order chi connectivity index (χ1) is 8.21. The van der Waals surface area contributed by atoms with E-state index < -0.39 is 0 Å². The fraction of sp³-hybridized carbons (Fsp3) is 0.538. The quantitative estimate of drug-likeness (QED) is 0.874. The zero-order valence-corrected chi connectivity index (χ0v) is 10.8. The van der Waals surface area contributed by atoms with Crippen LogP contribution in [0, 0.1) is 6.92 Å². The standard InChI is InChI=1S/C13H20N4/c1-4-11-15-9(3)12-10(6-7-14)8-17(5-2)13(12)16-11/h8H,4-7,14H2,1-3H3. The Morgan fingerprint density at radius 1 is 1.29 bits per heavy atom. The summed E-state index contributed by atoms with van der Waals surface area (Å²) in [5, 5.41) is 1.19. The van der Waals surface area contributed by atoms with E-state index in [1.807, 2.05) is 0 Å². The van der Waals surface area contributed by atoms with Gasteiger partial charge in [-0.25, -0.2) is 9.97 Å². The Labute approximate surface area is 102 Å². The van der Waals surface area contributed by atoms with Crippen LogP contribution in [0.4, 0.5) is 0 Å². The van der Waals surface area contributed by atoms with Crippen molar-refractivity contribution in [2.45, 2.75) is 40.2 Å². The van der Waals surface area contributed by atoms with Gasteiger partial charge in [-0.1, -0.05) is 6.92 Å². The monoisotopic (exact) mass is 232 g/mol. The summed E-state index contributed by atoms with van der Waals surface area (Å²) in [6.07, 6.45) is 3.93. The molecule has 0 amide bonds. The van der Waals surface area contributed by atoms with Crippen LogP contribution in [0.5, 0.6) is 0 Å². The Morgan fingerprint density at radius 2 is 2.06 bits per heavy atom. The molecule has 2 aromatic rings. The summed E-state index contributed by atoms with van der Waals surface area (Å²) in [5.74, 6) is 0.919. The lowest BCUT2D eigenvalue weighted by Gasteiger charge is -2.04. The van der Waals surface area contributed by atoms with Crippen LogP contribution in [-0.2, 0) is 19.4 Å². The average Bonchev–Trinajstić information content (AvgIpc) is 2.68. The Bertz CT molecular complexity index is 528. The average molecular weight is 232 g/mol. The first kappa shape index (κ1) is 12.0. The van der Waals surface area contributed by atoms with Gasteiger partial charge in [0, 0.05) is 24.5 Å². The van der Waals surface area contributed by atoms with Gasteiger partial charge in [0.2, 0.25) is 0 Å². The number of nitrogens with two attached hydrogens (primary N) is 1. The summed E-state index contributed by atoms with van der Waals surface area (Å²) in [6, 6.07) is 0. The van der Waals surface area contributed by atoms with Crippen molar-refractivity contribution in [2.24, 2.45) is 5.73 Å². The normalized spacial score (nSPS) is 11.3. The minimum atomic E-state index is 0.664. The van der Waals surface area contributed by atoms with E-state index in [0.717, 1.165) is 36.6 Å². The minimum Gasteiger partial charge on any atom is -0.332 e. The molecule has 0 aliphatic rings. The number of hydrogen-bond donors (Lipinski definition) is 1. The van der Waals surface area contributed by atoms with E-state index in [0.29, 0.717) is 6.54 Å². The predicted molar refractivity (Wildman–Crippen MR) is 70.1 cm³/mol. The Morgan fingerprint density at radius 3 is 2.65 bits per heavy atom. The second kappa shape index (κ2) is 4.84. The van der Waals surface area contributed by atoms with Crippen LogP contribution in [0.2, 0.25) is 0 Å². The van der Waals surface area contributed by atoms with E-state index in [1.54, 1.807) is 0 Å². The molecule has 0 aliphatic carbocycles. The van der Waals surface area contributed by atoms with Crippen LogP contribution in [0.1, 0.15) is 30.9 Å². The van der Waals surface area contributed by atoms with Crippen LogP contribution >= 0.6 is 0 Å². The first-order valence-electron chi connectivity index (χ1n) is 6.26.